The summed E-state index contributed by atoms with van der Waals surface area (Å²) in [6, 6.07) is 14.7. The summed E-state index contributed by atoms with van der Waals surface area (Å²) in [6.45, 7) is 4.32. The molecule has 0 radical (unpaired) electrons. The molecular formula is C24H25ClN4O3S. The lowest BCUT2D eigenvalue weighted by molar-refractivity contribution is -0.136. The van der Waals surface area contributed by atoms with E-state index in [0.29, 0.717) is 39.8 Å². The minimum atomic E-state index is -0.463. The topological polar surface area (TPSA) is 78.3 Å². The number of anilines is 1. The Kier molecular flexibility index (Phi) is 7.25. The van der Waals surface area contributed by atoms with Crippen LogP contribution in [0.5, 0.6) is 5.75 Å². The van der Waals surface area contributed by atoms with E-state index in [1.54, 1.807) is 16.4 Å². The fraction of sp³-hybridized carbons (Fsp3) is 0.292. The normalized spacial score (nSPS) is 15.1. The monoisotopic (exact) mass is 484 g/mol. The first-order valence-electron chi connectivity index (χ1n) is 10.6. The number of methoxy groups -OCH3 is 1. The number of esters is 1. The molecule has 0 saturated carbocycles. The Labute approximate surface area is 202 Å². The van der Waals surface area contributed by atoms with Gasteiger partial charge in [-0.2, -0.15) is 4.98 Å². The molecule has 2 aromatic carbocycles. The number of allylic oxidation sites excluding steroid dienone is 1. The number of halogens is 1. The number of carbonyl (C=O) groups is 1. The van der Waals surface area contributed by atoms with Crippen molar-refractivity contribution in [2.24, 2.45) is 0 Å². The highest BCUT2D eigenvalue weighted by molar-refractivity contribution is 7.99. The van der Waals surface area contributed by atoms with Gasteiger partial charge in [0.1, 0.15) is 18.4 Å². The third kappa shape index (κ3) is 5.02. The molecule has 1 atom stereocenters. The van der Waals surface area contributed by atoms with Crippen LogP contribution in [0.15, 0.2) is 65.0 Å². The van der Waals surface area contributed by atoms with Gasteiger partial charge in [-0.15, -0.1) is 5.10 Å². The summed E-state index contributed by atoms with van der Waals surface area (Å²) < 4.78 is 12.7. The summed E-state index contributed by atoms with van der Waals surface area (Å²) in [5.74, 6) is 1.81. The molecule has 0 spiro atoms. The van der Waals surface area contributed by atoms with Gasteiger partial charge in [-0.05, 0) is 37.1 Å². The van der Waals surface area contributed by atoms with Crippen molar-refractivity contribution in [3.8, 4) is 5.75 Å². The Balaban J connectivity index is 1.63. The number of rotatable bonds is 8. The average molecular weight is 485 g/mol. The van der Waals surface area contributed by atoms with Crippen LogP contribution in [0.1, 0.15) is 37.4 Å². The lowest BCUT2D eigenvalue weighted by atomic mass is 9.96. The van der Waals surface area contributed by atoms with Gasteiger partial charge in [-0.1, -0.05) is 60.6 Å². The molecule has 0 amide bonds. The van der Waals surface area contributed by atoms with E-state index in [2.05, 4.69) is 22.3 Å². The van der Waals surface area contributed by atoms with Gasteiger partial charge in [0.25, 0.3) is 0 Å². The summed E-state index contributed by atoms with van der Waals surface area (Å²) in [7, 11) is 1.38. The second kappa shape index (κ2) is 10.3. The molecule has 1 aliphatic rings. The summed E-state index contributed by atoms with van der Waals surface area (Å²) in [4.78, 5) is 17.3. The van der Waals surface area contributed by atoms with Gasteiger partial charge in [-0.25, -0.2) is 9.48 Å². The third-order valence-electron chi connectivity index (χ3n) is 5.22. The molecule has 9 heteroatoms. The molecule has 0 aliphatic carbocycles. The molecule has 3 aromatic rings. The first kappa shape index (κ1) is 23.2. The van der Waals surface area contributed by atoms with E-state index < -0.39 is 12.0 Å². The van der Waals surface area contributed by atoms with Crippen LogP contribution in [0.2, 0.25) is 5.02 Å². The van der Waals surface area contributed by atoms with Crippen molar-refractivity contribution in [1.82, 2.24) is 14.8 Å². The fourth-order valence-corrected chi connectivity index (χ4v) is 4.46. The lowest BCUT2D eigenvalue weighted by Crippen LogP contribution is -2.29. The van der Waals surface area contributed by atoms with Gasteiger partial charge in [0.2, 0.25) is 11.1 Å². The molecule has 1 aromatic heterocycles. The average Bonchev–Trinajstić information content (AvgIpc) is 3.23. The summed E-state index contributed by atoms with van der Waals surface area (Å²) in [6.07, 6.45) is 1.02. The third-order valence-corrected chi connectivity index (χ3v) is 6.63. The molecule has 0 saturated heterocycles. The van der Waals surface area contributed by atoms with Gasteiger partial charge in [0.15, 0.2) is 0 Å². The van der Waals surface area contributed by atoms with Crippen molar-refractivity contribution < 1.29 is 14.3 Å². The minimum absolute atomic E-state index is 0.365. The highest BCUT2D eigenvalue weighted by Crippen LogP contribution is 2.37. The molecule has 33 heavy (non-hydrogen) atoms. The van der Waals surface area contributed by atoms with Crippen LogP contribution in [0, 0.1) is 0 Å². The van der Waals surface area contributed by atoms with Crippen LogP contribution in [0.3, 0.4) is 0 Å². The van der Waals surface area contributed by atoms with Crippen LogP contribution >= 0.6 is 23.4 Å². The number of hydrogen-bond acceptors (Lipinski definition) is 7. The maximum Gasteiger partial charge on any atom is 0.338 e. The number of nitrogens with one attached hydrogen (secondary N) is 1. The predicted molar refractivity (Wildman–Crippen MR) is 130 cm³/mol. The second-order valence-electron chi connectivity index (χ2n) is 7.52. The van der Waals surface area contributed by atoms with Gasteiger partial charge in [0.05, 0.1) is 12.7 Å². The smallest absolute Gasteiger partial charge is 0.338 e. The van der Waals surface area contributed by atoms with Crippen molar-refractivity contribution in [3.63, 3.8) is 0 Å². The highest BCUT2D eigenvalue weighted by atomic mass is 35.5. The van der Waals surface area contributed by atoms with Gasteiger partial charge >= 0.3 is 5.97 Å². The van der Waals surface area contributed by atoms with Gasteiger partial charge in [-0.3, -0.25) is 0 Å². The van der Waals surface area contributed by atoms with E-state index in [-0.39, 0.29) is 0 Å². The van der Waals surface area contributed by atoms with Crippen LogP contribution in [-0.2, 0) is 16.1 Å². The second-order valence-corrected chi connectivity index (χ2v) is 8.99. The molecule has 1 unspecified atom stereocenters. The predicted octanol–water partition coefficient (Wildman–Crippen LogP) is 5.47. The molecule has 1 aliphatic heterocycles. The van der Waals surface area contributed by atoms with Crippen molar-refractivity contribution in [3.05, 3.63) is 76.0 Å². The summed E-state index contributed by atoms with van der Waals surface area (Å²) >= 11 is 7.81. The summed E-state index contributed by atoms with van der Waals surface area (Å²) in [5.41, 5.74) is 2.97. The van der Waals surface area contributed by atoms with Gasteiger partial charge in [0, 0.05) is 22.0 Å². The quantitative estimate of drug-likeness (QED) is 0.335. The minimum Gasteiger partial charge on any atom is -0.489 e. The van der Waals surface area contributed by atoms with Crippen molar-refractivity contribution >= 4 is 35.3 Å². The zero-order valence-electron chi connectivity index (χ0n) is 18.7. The number of hydrogen-bond donors (Lipinski definition) is 1. The SMILES string of the molecule is CCCSc1nc2n(n1)C(c1ccc(OCc3ccccc3Cl)cc1)C(C(=O)OC)=C(C)N2. The van der Waals surface area contributed by atoms with Crippen LogP contribution in [0.4, 0.5) is 5.95 Å². The van der Waals surface area contributed by atoms with Crippen molar-refractivity contribution in [1.29, 1.82) is 0 Å². The van der Waals surface area contributed by atoms with E-state index in [1.165, 1.54) is 7.11 Å². The number of aromatic nitrogens is 3. The Morgan fingerprint density at radius 1 is 1.21 bits per heavy atom. The van der Waals surface area contributed by atoms with E-state index in [1.807, 2.05) is 55.5 Å². The fourth-order valence-electron chi connectivity index (χ4n) is 3.59. The highest BCUT2D eigenvalue weighted by Gasteiger charge is 2.35. The number of benzene rings is 2. The van der Waals surface area contributed by atoms with E-state index in [9.17, 15) is 4.79 Å². The lowest BCUT2D eigenvalue weighted by Gasteiger charge is -2.27. The standard InChI is InChI=1S/C24H25ClN4O3S/c1-4-13-33-24-27-23-26-15(2)20(22(30)31-3)21(29(23)28-24)16-9-11-18(12-10-16)32-14-17-7-5-6-8-19(17)25/h5-12,21H,4,13-14H2,1-3H3,(H,26,27,28). The molecule has 1 N–H and O–H groups in total. The summed E-state index contributed by atoms with van der Waals surface area (Å²) in [5, 5.41) is 9.21. The molecule has 7 nitrogen and oxygen atoms in total. The van der Waals surface area contributed by atoms with Crippen LogP contribution in [0.25, 0.3) is 0 Å². The van der Waals surface area contributed by atoms with Crippen LogP contribution < -0.4 is 10.1 Å². The maximum atomic E-state index is 12.7. The molecule has 172 valence electrons. The maximum absolute atomic E-state index is 12.7. The zero-order valence-corrected chi connectivity index (χ0v) is 20.2. The van der Waals surface area contributed by atoms with Crippen LogP contribution in [-0.4, -0.2) is 33.6 Å². The first-order chi connectivity index (χ1) is 16.0. The van der Waals surface area contributed by atoms with Crippen molar-refractivity contribution in [2.75, 3.05) is 18.2 Å². The van der Waals surface area contributed by atoms with E-state index in [4.69, 9.17) is 21.1 Å². The Morgan fingerprint density at radius 2 is 1.97 bits per heavy atom. The first-order valence-corrected chi connectivity index (χ1v) is 12.0. The van der Waals surface area contributed by atoms with Crippen molar-refractivity contribution in [2.45, 2.75) is 38.1 Å². The Morgan fingerprint density at radius 3 is 2.67 bits per heavy atom. The Bertz CT molecular complexity index is 1180. The number of fused-ring (bicyclic) bond motifs is 1. The molecular weight excluding hydrogens is 460 g/mol. The molecule has 2 heterocycles. The molecule has 0 fully saturated rings. The molecule has 4 rings (SSSR count). The number of nitrogens with zero attached hydrogens (tertiary/aromatic N) is 3. The largest absolute Gasteiger partial charge is 0.489 e. The van der Waals surface area contributed by atoms with E-state index in [0.717, 1.165) is 23.3 Å². The Hall–Kier alpha value is -2.97. The number of ether oxygens (including phenoxy) is 2. The number of carbonyl (C=O) groups excluding carboxylic acids is 1. The number of thioether (sulfide) groups is 1. The van der Waals surface area contributed by atoms with Gasteiger partial charge < -0.3 is 14.8 Å². The molecule has 0 bridgehead atoms. The zero-order chi connectivity index (χ0) is 23.4. The van der Waals surface area contributed by atoms with E-state index >= 15 is 0 Å².